The Labute approximate surface area is 100 Å². The predicted molar refractivity (Wildman–Crippen MR) is 63.6 cm³/mol. The first-order chi connectivity index (χ1) is 8.38. The molecule has 0 fully saturated rings. The van der Waals surface area contributed by atoms with E-state index in [1.807, 2.05) is 25.2 Å². The van der Waals surface area contributed by atoms with E-state index in [0.717, 1.165) is 25.1 Å². The highest BCUT2D eigenvalue weighted by Gasteiger charge is 2.06. The molecule has 0 spiro atoms. The van der Waals surface area contributed by atoms with Gasteiger partial charge in [0.2, 0.25) is 5.89 Å². The van der Waals surface area contributed by atoms with Crippen LogP contribution >= 0.6 is 0 Å². The number of aromatic nitrogens is 3. The lowest BCUT2D eigenvalue weighted by Gasteiger charge is -1.94. The van der Waals surface area contributed by atoms with Crippen LogP contribution in [0.4, 0.5) is 0 Å². The van der Waals surface area contributed by atoms with Gasteiger partial charge in [0.25, 0.3) is 0 Å². The second-order valence-corrected chi connectivity index (χ2v) is 3.81. The zero-order valence-electron chi connectivity index (χ0n) is 9.89. The van der Waals surface area contributed by atoms with Gasteiger partial charge in [-0.3, -0.25) is 4.98 Å². The summed E-state index contributed by atoms with van der Waals surface area (Å²) >= 11 is 0. The molecular weight excluding hydrogens is 216 g/mol. The second kappa shape index (κ2) is 6.10. The Bertz CT molecular complexity index is 441. The first-order valence-electron chi connectivity index (χ1n) is 5.74. The number of aryl methyl sites for hydroxylation is 1. The van der Waals surface area contributed by atoms with Crippen molar-refractivity contribution in [3.63, 3.8) is 0 Å². The monoisotopic (exact) mass is 232 g/mol. The average Bonchev–Trinajstić information content (AvgIpc) is 2.79. The van der Waals surface area contributed by atoms with E-state index in [1.165, 1.54) is 0 Å². The van der Waals surface area contributed by atoms with Crippen molar-refractivity contribution < 1.29 is 4.52 Å². The summed E-state index contributed by atoms with van der Waals surface area (Å²) in [5.74, 6) is 1.40. The Hall–Kier alpha value is -1.75. The van der Waals surface area contributed by atoms with E-state index in [4.69, 9.17) is 4.52 Å². The maximum atomic E-state index is 5.17. The van der Waals surface area contributed by atoms with E-state index in [9.17, 15) is 0 Å². The number of rotatable bonds is 6. The van der Waals surface area contributed by atoms with Crippen LogP contribution in [-0.2, 0) is 12.8 Å². The minimum Gasteiger partial charge on any atom is -0.339 e. The Kier molecular flexibility index (Phi) is 4.21. The number of pyridine rings is 1. The Morgan fingerprint density at radius 3 is 3.06 bits per heavy atom. The molecule has 2 rings (SSSR count). The summed E-state index contributed by atoms with van der Waals surface area (Å²) in [5.41, 5.74) is 0.954. The molecule has 2 aromatic rings. The molecule has 0 bridgehead atoms. The fraction of sp³-hybridized carbons (Fsp3) is 0.417. The van der Waals surface area contributed by atoms with Crippen molar-refractivity contribution in [2.24, 2.45) is 0 Å². The highest BCUT2D eigenvalue weighted by Crippen LogP contribution is 2.05. The smallest absolute Gasteiger partial charge is 0.226 e. The zero-order chi connectivity index (χ0) is 11.9. The highest BCUT2D eigenvalue weighted by molar-refractivity contribution is 5.09. The van der Waals surface area contributed by atoms with Crippen LogP contribution < -0.4 is 5.32 Å². The van der Waals surface area contributed by atoms with E-state index in [-0.39, 0.29) is 0 Å². The van der Waals surface area contributed by atoms with E-state index in [0.29, 0.717) is 18.1 Å². The molecule has 17 heavy (non-hydrogen) atoms. The molecule has 0 saturated heterocycles. The van der Waals surface area contributed by atoms with Crippen molar-refractivity contribution >= 4 is 0 Å². The zero-order valence-corrected chi connectivity index (χ0v) is 9.89. The number of hydrogen-bond donors (Lipinski definition) is 1. The molecule has 90 valence electrons. The van der Waals surface area contributed by atoms with Gasteiger partial charge in [-0.05, 0) is 32.1 Å². The van der Waals surface area contributed by atoms with Gasteiger partial charge in [-0.15, -0.1) is 0 Å². The molecule has 0 unspecified atom stereocenters. The summed E-state index contributed by atoms with van der Waals surface area (Å²) in [6.45, 7) is 0.956. The van der Waals surface area contributed by atoms with Gasteiger partial charge in [0.1, 0.15) is 0 Å². The summed E-state index contributed by atoms with van der Waals surface area (Å²) in [7, 11) is 1.93. The second-order valence-electron chi connectivity index (χ2n) is 3.81. The third-order valence-electron chi connectivity index (χ3n) is 2.39. The molecule has 0 saturated carbocycles. The van der Waals surface area contributed by atoms with E-state index < -0.39 is 0 Å². The summed E-state index contributed by atoms with van der Waals surface area (Å²) in [6.07, 6.45) is 4.21. The Morgan fingerprint density at radius 2 is 2.29 bits per heavy atom. The van der Waals surface area contributed by atoms with Crippen LogP contribution in [-0.4, -0.2) is 28.7 Å². The number of nitrogens with zero attached hydrogens (tertiary/aromatic N) is 3. The van der Waals surface area contributed by atoms with Crippen LogP contribution in [0.5, 0.6) is 0 Å². The predicted octanol–water partition coefficient (Wildman–Crippen LogP) is 1.21. The Morgan fingerprint density at radius 1 is 1.35 bits per heavy atom. The van der Waals surface area contributed by atoms with Crippen LogP contribution in [0, 0.1) is 0 Å². The maximum absolute atomic E-state index is 5.17. The van der Waals surface area contributed by atoms with Gasteiger partial charge in [0.15, 0.2) is 5.82 Å². The maximum Gasteiger partial charge on any atom is 0.226 e. The molecule has 0 aliphatic rings. The third-order valence-corrected chi connectivity index (χ3v) is 2.39. The first kappa shape index (κ1) is 11.7. The summed E-state index contributed by atoms with van der Waals surface area (Å²) in [6, 6.07) is 5.80. The fourth-order valence-electron chi connectivity index (χ4n) is 1.54. The molecule has 2 heterocycles. The van der Waals surface area contributed by atoms with Crippen LogP contribution in [0.3, 0.4) is 0 Å². The van der Waals surface area contributed by atoms with Gasteiger partial charge in [-0.25, -0.2) is 0 Å². The molecule has 0 amide bonds. The summed E-state index contributed by atoms with van der Waals surface area (Å²) in [5, 5.41) is 7.03. The standard InChI is InChI=1S/C12H16N4O/c1-13-7-4-6-12-15-11(16-17-12)9-10-5-2-3-8-14-10/h2-3,5,8,13H,4,6-7,9H2,1H3. The van der Waals surface area contributed by atoms with Crippen LogP contribution in [0.1, 0.15) is 23.8 Å². The lowest BCUT2D eigenvalue weighted by molar-refractivity contribution is 0.370. The molecule has 0 aliphatic heterocycles. The Balaban J connectivity index is 1.90. The average molecular weight is 232 g/mol. The molecule has 2 aromatic heterocycles. The van der Waals surface area contributed by atoms with Crippen LogP contribution in [0.15, 0.2) is 28.9 Å². The normalized spacial score (nSPS) is 10.6. The topological polar surface area (TPSA) is 63.8 Å². The lowest BCUT2D eigenvalue weighted by atomic mass is 10.2. The minimum atomic E-state index is 0.621. The van der Waals surface area contributed by atoms with E-state index in [2.05, 4.69) is 20.4 Å². The fourth-order valence-corrected chi connectivity index (χ4v) is 1.54. The third kappa shape index (κ3) is 3.64. The van der Waals surface area contributed by atoms with Crippen molar-refractivity contribution in [2.75, 3.05) is 13.6 Å². The molecular formula is C12H16N4O. The van der Waals surface area contributed by atoms with E-state index in [1.54, 1.807) is 6.20 Å². The highest BCUT2D eigenvalue weighted by atomic mass is 16.5. The van der Waals surface area contributed by atoms with Gasteiger partial charge >= 0.3 is 0 Å². The van der Waals surface area contributed by atoms with Gasteiger partial charge in [-0.1, -0.05) is 11.2 Å². The molecule has 0 aromatic carbocycles. The molecule has 1 N–H and O–H groups in total. The van der Waals surface area contributed by atoms with Crippen molar-refractivity contribution in [2.45, 2.75) is 19.3 Å². The molecule has 0 atom stereocenters. The van der Waals surface area contributed by atoms with Crippen LogP contribution in [0.2, 0.25) is 0 Å². The summed E-state index contributed by atoms with van der Waals surface area (Å²) in [4.78, 5) is 8.56. The van der Waals surface area contributed by atoms with Crippen molar-refractivity contribution in [3.8, 4) is 0 Å². The molecule has 0 radical (unpaired) electrons. The van der Waals surface area contributed by atoms with Crippen molar-refractivity contribution in [1.82, 2.24) is 20.4 Å². The van der Waals surface area contributed by atoms with Gasteiger partial charge in [-0.2, -0.15) is 4.98 Å². The van der Waals surface area contributed by atoms with Crippen molar-refractivity contribution in [3.05, 3.63) is 41.8 Å². The quantitative estimate of drug-likeness (QED) is 0.758. The number of hydrogen-bond acceptors (Lipinski definition) is 5. The van der Waals surface area contributed by atoms with Gasteiger partial charge < -0.3 is 9.84 Å². The summed E-state index contributed by atoms with van der Waals surface area (Å²) < 4.78 is 5.17. The van der Waals surface area contributed by atoms with Gasteiger partial charge in [0, 0.05) is 18.3 Å². The first-order valence-corrected chi connectivity index (χ1v) is 5.74. The lowest BCUT2D eigenvalue weighted by Crippen LogP contribution is -2.08. The molecule has 5 heteroatoms. The minimum absolute atomic E-state index is 0.621. The van der Waals surface area contributed by atoms with E-state index >= 15 is 0 Å². The number of nitrogens with one attached hydrogen (secondary N) is 1. The van der Waals surface area contributed by atoms with Crippen LogP contribution in [0.25, 0.3) is 0 Å². The molecule has 5 nitrogen and oxygen atoms in total. The molecule has 0 aliphatic carbocycles. The largest absolute Gasteiger partial charge is 0.339 e. The van der Waals surface area contributed by atoms with Crippen molar-refractivity contribution in [1.29, 1.82) is 0 Å². The van der Waals surface area contributed by atoms with Gasteiger partial charge in [0.05, 0.1) is 6.42 Å². The SMILES string of the molecule is CNCCCc1nc(Cc2ccccn2)no1.